The van der Waals surface area contributed by atoms with E-state index < -0.39 is 0 Å². The molecule has 1 atom stereocenters. The lowest BCUT2D eigenvalue weighted by Gasteiger charge is -1.99. The Hall–Kier alpha value is -0.440. The Labute approximate surface area is 60.1 Å². The first kappa shape index (κ1) is 6.68. The van der Waals surface area contributed by atoms with Crippen LogP contribution in [-0.2, 0) is 0 Å². The number of hydrogen-bond acceptors (Lipinski definition) is 2. The van der Waals surface area contributed by atoms with E-state index in [-0.39, 0.29) is 5.25 Å². The Kier molecular flexibility index (Phi) is 2.16. The van der Waals surface area contributed by atoms with Gasteiger partial charge in [-0.05, 0) is 12.5 Å². The lowest BCUT2D eigenvalue weighted by molar-refractivity contribution is 0.898. The highest BCUT2D eigenvalue weighted by molar-refractivity contribution is 7.80. The van der Waals surface area contributed by atoms with E-state index in [9.17, 15) is 0 Å². The fourth-order valence-corrected chi connectivity index (χ4v) is 0.749. The van der Waals surface area contributed by atoms with E-state index in [0.717, 1.165) is 12.1 Å². The highest BCUT2D eigenvalue weighted by Crippen LogP contribution is 2.19. The van der Waals surface area contributed by atoms with Gasteiger partial charge in [0.1, 0.15) is 0 Å². The minimum atomic E-state index is 0.177. The van der Waals surface area contributed by atoms with E-state index in [1.807, 2.05) is 6.07 Å². The highest BCUT2D eigenvalue weighted by atomic mass is 32.1. The first-order valence-electron chi connectivity index (χ1n) is 2.81. The fraction of sp³-hybridized carbons (Fsp3) is 0.333. The van der Waals surface area contributed by atoms with E-state index in [1.165, 1.54) is 0 Å². The zero-order chi connectivity index (χ0) is 6.69. The zero-order valence-electron chi connectivity index (χ0n) is 5.04. The molecular weight excluding hydrogens is 132 g/mol. The van der Waals surface area contributed by atoms with Gasteiger partial charge in [0.15, 0.2) is 0 Å². The van der Waals surface area contributed by atoms with Crippen LogP contribution in [0.15, 0.2) is 12.3 Å². The van der Waals surface area contributed by atoms with Gasteiger partial charge in [-0.2, -0.15) is 17.7 Å². The van der Waals surface area contributed by atoms with Gasteiger partial charge in [0.25, 0.3) is 0 Å². The molecular formula is C6H9N2S. The zero-order valence-corrected chi connectivity index (χ0v) is 5.94. The molecule has 1 radical (unpaired) electrons. The molecule has 1 N–H and O–H groups in total. The van der Waals surface area contributed by atoms with Crippen molar-refractivity contribution in [1.29, 1.82) is 0 Å². The summed E-state index contributed by atoms with van der Waals surface area (Å²) in [4.78, 5) is 0. The van der Waals surface area contributed by atoms with Crippen molar-refractivity contribution in [3.63, 3.8) is 0 Å². The predicted octanol–water partition coefficient (Wildman–Crippen LogP) is 1.60. The van der Waals surface area contributed by atoms with Crippen molar-refractivity contribution in [2.75, 3.05) is 0 Å². The number of thiol groups is 1. The van der Waals surface area contributed by atoms with E-state index in [1.54, 1.807) is 6.20 Å². The van der Waals surface area contributed by atoms with Gasteiger partial charge >= 0.3 is 0 Å². The second-order valence-electron chi connectivity index (χ2n) is 1.80. The minimum absolute atomic E-state index is 0.177. The van der Waals surface area contributed by atoms with Gasteiger partial charge in [0.05, 0.1) is 5.69 Å². The van der Waals surface area contributed by atoms with Crippen LogP contribution in [0.1, 0.15) is 17.4 Å². The van der Waals surface area contributed by atoms with Gasteiger partial charge < -0.3 is 0 Å². The normalized spacial score (nSPS) is 13.6. The van der Waals surface area contributed by atoms with Gasteiger partial charge in [0, 0.05) is 11.4 Å². The molecule has 1 aromatic rings. The molecule has 0 fully saturated rings. The van der Waals surface area contributed by atoms with Crippen LogP contribution in [0.4, 0.5) is 0 Å². The lowest BCUT2D eigenvalue weighted by atomic mass is 10.2. The molecule has 0 aliphatic rings. The van der Waals surface area contributed by atoms with E-state index in [2.05, 4.69) is 29.7 Å². The summed E-state index contributed by atoms with van der Waals surface area (Å²) in [5.41, 5.74) is 0.966. The van der Waals surface area contributed by atoms with Crippen molar-refractivity contribution in [3.05, 3.63) is 24.9 Å². The first-order chi connectivity index (χ1) is 4.34. The van der Waals surface area contributed by atoms with Gasteiger partial charge in [-0.1, -0.05) is 6.92 Å². The van der Waals surface area contributed by atoms with Crippen LogP contribution in [0, 0.1) is 6.92 Å². The van der Waals surface area contributed by atoms with E-state index in [4.69, 9.17) is 0 Å². The Morgan fingerprint density at radius 2 is 2.67 bits per heavy atom. The summed E-state index contributed by atoms with van der Waals surface area (Å²) in [5.74, 6) is 0. The standard InChI is InChI=1S/C6H9N2S/c1-2-6(9)5-3-4-7-8-5/h3-4,6,9H,1-2H2,(H,7,8). The average Bonchev–Trinajstić information content (AvgIpc) is 2.37. The molecule has 1 aromatic heterocycles. The minimum Gasteiger partial charge on any atom is -0.285 e. The maximum atomic E-state index is 4.24. The number of nitrogens with zero attached hydrogens (tertiary/aromatic N) is 1. The van der Waals surface area contributed by atoms with Crippen LogP contribution >= 0.6 is 12.6 Å². The largest absolute Gasteiger partial charge is 0.285 e. The Morgan fingerprint density at radius 1 is 1.89 bits per heavy atom. The summed E-state index contributed by atoms with van der Waals surface area (Å²) >= 11 is 4.24. The van der Waals surface area contributed by atoms with Crippen LogP contribution in [0.25, 0.3) is 0 Å². The number of H-pyrrole nitrogens is 1. The van der Waals surface area contributed by atoms with Crippen molar-refractivity contribution in [2.45, 2.75) is 11.7 Å². The topological polar surface area (TPSA) is 28.7 Å². The molecule has 0 saturated carbocycles. The molecule has 3 heteroatoms. The molecule has 9 heavy (non-hydrogen) atoms. The third kappa shape index (κ3) is 1.48. The van der Waals surface area contributed by atoms with Crippen LogP contribution in [0.3, 0.4) is 0 Å². The molecule has 0 bridgehead atoms. The second kappa shape index (κ2) is 2.92. The molecule has 1 unspecified atom stereocenters. The summed E-state index contributed by atoms with van der Waals surface area (Å²) in [7, 11) is 0. The smallest absolute Gasteiger partial charge is 0.0749 e. The summed E-state index contributed by atoms with van der Waals surface area (Å²) in [6.45, 7) is 3.71. The number of nitrogens with one attached hydrogen (secondary N) is 1. The molecule has 0 aliphatic heterocycles. The van der Waals surface area contributed by atoms with Crippen molar-refractivity contribution in [2.24, 2.45) is 0 Å². The number of hydrogen-bond donors (Lipinski definition) is 2. The summed E-state index contributed by atoms with van der Waals surface area (Å²) in [5, 5.41) is 6.84. The predicted molar refractivity (Wildman–Crippen MR) is 40.3 cm³/mol. The van der Waals surface area contributed by atoms with Crippen LogP contribution in [0.2, 0.25) is 0 Å². The third-order valence-electron chi connectivity index (χ3n) is 1.14. The van der Waals surface area contributed by atoms with Crippen LogP contribution < -0.4 is 0 Å². The maximum Gasteiger partial charge on any atom is 0.0749 e. The molecule has 0 saturated heterocycles. The maximum absolute atomic E-state index is 4.24. The Morgan fingerprint density at radius 3 is 3.11 bits per heavy atom. The molecule has 0 aliphatic carbocycles. The molecule has 1 rings (SSSR count). The van der Waals surface area contributed by atoms with Gasteiger partial charge in [-0.15, -0.1) is 0 Å². The first-order valence-corrected chi connectivity index (χ1v) is 3.33. The molecule has 49 valence electrons. The third-order valence-corrected chi connectivity index (χ3v) is 1.66. The molecule has 0 amide bonds. The van der Waals surface area contributed by atoms with Crippen molar-refractivity contribution in [1.82, 2.24) is 10.2 Å². The van der Waals surface area contributed by atoms with Crippen LogP contribution in [0.5, 0.6) is 0 Å². The van der Waals surface area contributed by atoms with Crippen LogP contribution in [-0.4, -0.2) is 10.2 Å². The van der Waals surface area contributed by atoms with Crippen molar-refractivity contribution < 1.29 is 0 Å². The molecule has 1 heterocycles. The molecule has 2 nitrogen and oxygen atoms in total. The summed E-state index contributed by atoms with van der Waals surface area (Å²) < 4.78 is 0. The highest BCUT2D eigenvalue weighted by Gasteiger charge is 2.03. The summed E-state index contributed by atoms with van der Waals surface area (Å²) in [6, 6.07) is 1.91. The second-order valence-corrected chi connectivity index (χ2v) is 2.43. The lowest BCUT2D eigenvalue weighted by Crippen LogP contribution is -1.87. The monoisotopic (exact) mass is 141 g/mol. The van der Waals surface area contributed by atoms with Gasteiger partial charge in [-0.25, -0.2) is 0 Å². The average molecular weight is 141 g/mol. The summed E-state index contributed by atoms with van der Waals surface area (Å²) in [6.07, 6.45) is 2.56. The van der Waals surface area contributed by atoms with E-state index >= 15 is 0 Å². The number of aromatic nitrogens is 2. The number of aromatic amines is 1. The number of rotatable bonds is 2. The van der Waals surface area contributed by atoms with Crippen molar-refractivity contribution in [3.8, 4) is 0 Å². The van der Waals surface area contributed by atoms with Gasteiger partial charge in [-0.3, -0.25) is 5.10 Å². The van der Waals surface area contributed by atoms with Gasteiger partial charge in [0.2, 0.25) is 0 Å². The van der Waals surface area contributed by atoms with Crippen molar-refractivity contribution >= 4 is 12.6 Å². The molecule has 0 spiro atoms. The fourth-order valence-electron chi connectivity index (χ4n) is 0.605. The Balaban J connectivity index is 2.65. The Bertz CT molecular complexity index is 160. The SMILES string of the molecule is [CH2]CC(S)c1cc[nH]n1. The molecule has 0 aromatic carbocycles. The van der Waals surface area contributed by atoms with E-state index in [0.29, 0.717) is 0 Å². The quantitative estimate of drug-likeness (QED) is 0.602.